The lowest BCUT2D eigenvalue weighted by atomic mass is 9.91. The number of sulfonamides is 1. The van der Waals surface area contributed by atoms with Crippen molar-refractivity contribution >= 4 is 10.0 Å². The smallest absolute Gasteiger partial charge is 0.294 e. The van der Waals surface area contributed by atoms with Crippen LogP contribution < -0.4 is 0 Å². The Balaban J connectivity index is 1.61. The van der Waals surface area contributed by atoms with E-state index in [4.69, 9.17) is 0 Å². The van der Waals surface area contributed by atoms with E-state index in [9.17, 15) is 21.6 Å². The first-order valence-electron chi connectivity index (χ1n) is 7.58. The van der Waals surface area contributed by atoms with Crippen LogP contribution in [-0.4, -0.2) is 49.1 Å². The van der Waals surface area contributed by atoms with E-state index in [0.29, 0.717) is 25.6 Å². The molecule has 1 aromatic carbocycles. The summed E-state index contributed by atoms with van der Waals surface area (Å²) in [5.74, 6) is 0.441. The quantitative estimate of drug-likeness (QED) is 0.837. The molecular formula is C15H19F3N2O2S. The molecule has 23 heavy (non-hydrogen) atoms. The van der Waals surface area contributed by atoms with Gasteiger partial charge >= 0.3 is 6.18 Å². The largest absolute Gasteiger partial charge is 0.416 e. The highest BCUT2D eigenvalue weighted by Crippen LogP contribution is 2.35. The van der Waals surface area contributed by atoms with Crippen LogP contribution in [0.15, 0.2) is 24.3 Å². The van der Waals surface area contributed by atoms with Crippen molar-refractivity contribution in [2.45, 2.75) is 25.7 Å². The molecule has 0 amide bonds. The minimum absolute atomic E-state index is 0.103. The molecule has 2 atom stereocenters. The van der Waals surface area contributed by atoms with E-state index in [1.54, 1.807) is 6.92 Å². The van der Waals surface area contributed by atoms with Crippen molar-refractivity contribution in [1.82, 2.24) is 9.21 Å². The maximum Gasteiger partial charge on any atom is 0.416 e. The molecule has 0 aromatic heterocycles. The standard InChI is InChI=1S/C15H19F3N2O2S/c1-2-23(21,22)20-9-12-8-19(14(12)10-20)7-11-3-5-13(6-4-11)15(16,17)18/h3-6,12,14H,2,7-10H2,1H3. The van der Waals surface area contributed by atoms with Gasteiger partial charge in [0.1, 0.15) is 0 Å². The van der Waals surface area contributed by atoms with Gasteiger partial charge in [-0.25, -0.2) is 8.42 Å². The van der Waals surface area contributed by atoms with E-state index in [1.165, 1.54) is 16.4 Å². The SMILES string of the molecule is CCS(=O)(=O)N1CC2CN(Cc3ccc(C(F)(F)F)cc3)C2C1. The van der Waals surface area contributed by atoms with Crippen LogP contribution in [0, 0.1) is 5.92 Å². The van der Waals surface area contributed by atoms with Gasteiger partial charge in [0.2, 0.25) is 10.0 Å². The van der Waals surface area contributed by atoms with Gasteiger partial charge in [0, 0.05) is 38.1 Å². The number of hydrogen-bond donors (Lipinski definition) is 0. The van der Waals surface area contributed by atoms with Crippen molar-refractivity contribution < 1.29 is 21.6 Å². The first-order chi connectivity index (χ1) is 10.7. The number of halogens is 3. The van der Waals surface area contributed by atoms with Crippen LogP contribution in [0.4, 0.5) is 13.2 Å². The van der Waals surface area contributed by atoms with Gasteiger partial charge in [0.25, 0.3) is 0 Å². The van der Waals surface area contributed by atoms with Gasteiger partial charge in [0.05, 0.1) is 11.3 Å². The molecule has 2 heterocycles. The Morgan fingerprint density at radius 2 is 1.78 bits per heavy atom. The highest BCUT2D eigenvalue weighted by Gasteiger charge is 2.48. The fourth-order valence-corrected chi connectivity index (χ4v) is 4.50. The summed E-state index contributed by atoms with van der Waals surface area (Å²) in [6, 6.07) is 5.35. The predicted octanol–water partition coefficient (Wildman–Crippen LogP) is 2.17. The van der Waals surface area contributed by atoms with Gasteiger partial charge in [-0.05, 0) is 24.6 Å². The summed E-state index contributed by atoms with van der Waals surface area (Å²) in [5.41, 5.74) is 0.164. The Hall–Kier alpha value is -1.12. The number of alkyl halides is 3. The Kier molecular flexibility index (Phi) is 4.18. The van der Waals surface area contributed by atoms with E-state index >= 15 is 0 Å². The third-order valence-electron chi connectivity index (χ3n) is 4.74. The molecule has 0 radical (unpaired) electrons. The van der Waals surface area contributed by atoms with Crippen LogP contribution in [0.1, 0.15) is 18.1 Å². The van der Waals surface area contributed by atoms with E-state index in [1.807, 2.05) is 0 Å². The molecule has 4 nitrogen and oxygen atoms in total. The number of benzene rings is 1. The van der Waals surface area contributed by atoms with Crippen LogP contribution in [0.25, 0.3) is 0 Å². The average molecular weight is 348 g/mol. The molecular weight excluding hydrogens is 329 g/mol. The zero-order chi connectivity index (χ0) is 16.8. The number of rotatable bonds is 4. The monoisotopic (exact) mass is 348 g/mol. The van der Waals surface area contributed by atoms with E-state index in [0.717, 1.165) is 24.2 Å². The zero-order valence-corrected chi connectivity index (χ0v) is 13.6. The van der Waals surface area contributed by atoms with Crippen molar-refractivity contribution in [2.75, 3.05) is 25.4 Å². The lowest BCUT2D eigenvalue weighted by molar-refractivity contribution is -0.137. The topological polar surface area (TPSA) is 40.6 Å². The molecule has 3 rings (SSSR count). The molecule has 2 fully saturated rings. The Bertz CT molecular complexity index is 673. The summed E-state index contributed by atoms with van der Waals surface area (Å²) in [7, 11) is -3.16. The van der Waals surface area contributed by atoms with Crippen LogP contribution >= 0.6 is 0 Å². The molecule has 0 aliphatic carbocycles. The molecule has 2 unspecified atom stereocenters. The van der Waals surface area contributed by atoms with Crippen molar-refractivity contribution in [1.29, 1.82) is 0 Å². The van der Waals surface area contributed by atoms with Crippen molar-refractivity contribution in [3.8, 4) is 0 Å². The predicted molar refractivity (Wildman–Crippen MR) is 80.2 cm³/mol. The van der Waals surface area contributed by atoms with Gasteiger partial charge < -0.3 is 0 Å². The first-order valence-corrected chi connectivity index (χ1v) is 9.19. The van der Waals surface area contributed by atoms with Crippen molar-refractivity contribution in [3.05, 3.63) is 35.4 Å². The molecule has 0 saturated carbocycles. The number of fused-ring (bicyclic) bond motifs is 1. The third-order valence-corrected chi connectivity index (χ3v) is 6.55. The highest BCUT2D eigenvalue weighted by molar-refractivity contribution is 7.89. The minimum Gasteiger partial charge on any atom is -0.294 e. The van der Waals surface area contributed by atoms with Gasteiger partial charge in [-0.3, -0.25) is 4.90 Å². The van der Waals surface area contributed by atoms with E-state index in [2.05, 4.69) is 4.90 Å². The summed E-state index contributed by atoms with van der Waals surface area (Å²) in [4.78, 5) is 2.14. The summed E-state index contributed by atoms with van der Waals surface area (Å²) in [5, 5.41) is 0. The second kappa shape index (κ2) is 5.75. The normalized spacial score (nSPS) is 26.1. The van der Waals surface area contributed by atoms with E-state index < -0.39 is 21.8 Å². The summed E-state index contributed by atoms with van der Waals surface area (Å²) in [6.45, 7) is 4.03. The molecule has 128 valence electrons. The number of likely N-dealkylation sites (tertiary alicyclic amines) is 1. The lowest BCUT2D eigenvalue weighted by Crippen LogP contribution is -2.54. The summed E-state index contributed by atoms with van der Waals surface area (Å²) < 4.78 is 63.0. The zero-order valence-electron chi connectivity index (χ0n) is 12.8. The highest BCUT2D eigenvalue weighted by atomic mass is 32.2. The molecule has 2 aliphatic rings. The van der Waals surface area contributed by atoms with E-state index in [-0.39, 0.29) is 11.8 Å². The first kappa shape index (κ1) is 16.7. The number of nitrogens with zero attached hydrogens (tertiary/aromatic N) is 2. The van der Waals surface area contributed by atoms with Crippen LogP contribution in [-0.2, 0) is 22.7 Å². The summed E-state index contributed by atoms with van der Waals surface area (Å²) >= 11 is 0. The van der Waals surface area contributed by atoms with Crippen molar-refractivity contribution in [2.24, 2.45) is 5.92 Å². The molecule has 0 N–H and O–H groups in total. The van der Waals surface area contributed by atoms with Gasteiger partial charge in [-0.1, -0.05) is 12.1 Å². The van der Waals surface area contributed by atoms with Gasteiger partial charge in [-0.15, -0.1) is 0 Å². The Morgan fingerprint density at radius 1 is 1.13 bits per heavy atom. The molecule has 1 aromatic rings. The Morgan fingerprint density at radius 3 is 2.35 bits per heavy atom. The van der Waals surface area contributed by atoms with Crippen LogP contribution in [0.5, 0.6) is 0 Å². The second-order valence-corrected chi connectivity index (χ2v) is 8.43. The van der Waals surface area contributed by atoms with Crippen LogP contribution in [0.3, 0.4) is 0 Å². The second-order valence-electron chi connectivity index (χ2n) is 6.17. The van der Waals surface area contributed by atoms with Crippen LogP contribution in [0.2, 0.25) is 0 Å². The molecule has 0 bridgehead atoms. The van der Waals surface area contributed by atoms with Gasteiger partial charge in [-0.2, -0.15) is 17.5 Å². The maximum atomic E-state index is 12.6. The molecule has 2 saturated heterocycles. The fraction of sp³-hybridized carbons (Fsp3) is 0.600. The summed E-state index contributed by atoms with van der Waals surface area (Å²) in [6.07, 6.45) is -4.32. The molecule has 2 aliphatic heterocycles. The molecule has 0 spiro atoms. The molecule has 8 heteroatoms. The van der Waals surface area contributed by atoms with Crippen molar-refractivity contribution in [3.63, 3.8) is 0 Å². The number of hydrogen-bond acceptors (Lipinski definition) is 3. The maximum absolute atomic E-state index is 12.6. The third kappa shape index (κ3) is 3.25. The fourth-order valence-electron chi connectivity index (χ4n) is 3.33. The lowest BCUT2D eigenvalue weighted by Gasteiger charge is -2.43. The Labute approximate surface area is 133 Å². The average Bonchev–Trinajstić information content (AvgIpc) is 2.82. The minimum atomic E-state index is -4.32. The van der Waals surface area contributed by atoms with Gasteiger partial charge in [0.15, 0.2) is 0 Å².